The molecule has 0 aliphatic carbocycles. The molecule has 0 atom stereocenters. The molecule has 0 bridgehead atoms. The zero-order chi connectivity index (χ0) is 10.1. The highest BCUT2D eigenvalue weighted by Crippen LogP contribution is 2.09. The summed E-state index contributed by atoms with van der Waals surface area (Å²) >= 11 is 0. The van der Waals surface area contributed by atoms with Crippen molar-refractivity contribution in [3.8, 4) is 0 Å². The van der Waals surface area contributed by atoms with Crippen LogP contribution >= 0.6 is 0 Å². The lowest BCUT2D eigenvalue weighted by Crippen LogP contribution is -2.10. The molecule has 5 nitrogen and oxygen atoms in total. The lowest BCUT2D eigenvalue weighted by atomic mass is 10.2. The number of rotatable bonds is 2. The van der Waals surface area contributed by atoms with Crippen LogP contribution in [0.3, 0.4) is 0 Å². The van der Waals surface area contributed by atoms with Gasteiger partial charge in [-0.1, -0.05) is 0 Å². The fraction of sp³-hybridized carbons (Fsp3) is 0. The standard InChI is InChI=1S/C7H7NO4S/c8-7(9)5-1-3-6(4-2-5)13(10,11)12/h1-4H,(H2,8,9)(H,10,11,12). The Kier molecular flexibility index (Phi) is 2.35. The van der Waals surface area contributed by atoms with Crippen LogP contribution in [0.5, 0.6) is 0 Å². The van der Waals surface area contributed by atoms with E-state index in [0.29, 0.717) is 0 Å². The number of amides is 1. The molecule has 0 unspecified atom stereocenters. The molecule has 1 rings (SSSR count). The quantitative estimate of drug-likeness (QED) is 0.659. The second-order valence-electron chi connectivity index (χ2n) is 2.36. The average molecular weight is 201 g/mol. The van der Waals surface area contributed by atoms with Crippen LogP contribution in [-0.2, 0) is 10.1 Å². The molecule has 6 heteroatoms. The Morgan fingerprint density at radius 1 is 1.23 bits per heavy atom. The molecule has 0 spiro atoms. The smallest absolute Gasteiger partial charge is 0.294 e. The van der Waals surface area contributed by atoms with Crippen LogP contribution in [0.15, 0.2) is 29.2 Å². The van der Waals surface area contributed by atoms with E-state index in [1.807, 2.05) is 0 Å². The SMILES string of the molecule is NC(=O)c1ccc(S(=O)(=O)O)cc1. The van der Waals surface area contributed by atoms with Crippen molar-refractivity contribution in [3.05, 3.63) is 29.8 Å². The summed E-state index contributed by atoms with van der Waals surface area (Å²) in [4.78, 5) is 10.3. The number of benzene rings is 1. The van der Waals surface area contributed by atoms with Crippen LogP contribution < -0.4 is 5.73 Å². The van der Waals surface area contributed by atoms with E-state index >= 15 is 0 Å². The fourth-order valence-corrected chi connectivity index (χ4v) is 1.27. The van der Waals surface area contributed by atoms with Gasteiger partial charge < -0.3 is 5.73 Å². The molecule has 0 aliphatic heterocycles. The molecule has 0 saturated carbocycles. The highest BCUT2D eigenvalue weighted by Gasteiger charge is 2.09. The third-order valence-electron chi connectivity index (χ3n) is 1.44. The van der Waals surface area contributed by atoms with E-state index in [2.05, 4.69) is 0 Å². The molecular weight excluding hydrogens is 194 g/mol. The van der Waals surface area contributed by atoms with E-state index in [0.717, 1.165) is 12.1 Å². The number of carbonyl (C=O) groups excluding carboxylic acids is 1. The largest absolute Gasteiger partial charge is 0.366 e. The maximum atomic E-state index is 10.6. The Morgan fingerprint density at radius 2 is 1.69 bits per heavy atom. The first-order valence-electron chi connectivity index (χ1n) is 3.28. The van der Waals surface area contributed by atoms with Crippen molar-refractivity contribution < 1.29 is 17.8 Å². The minimum absolute atomic E-state index is 0.187. The molecule has 1 aromatic carbocycles. The molecule has 0 aliphatic rings. The van der Waals surface area contributed by atoms with E-state index in [1.165, 1.54) is 12.1 Å². The molecule has 0 heterocycles. The van der Waals surface area contributed by atoms with Crippen LogP contribution in [-0.4, -0.2) is 18.9 Å². The highest BCUT2D eigenvalue weighted by atomic mass is 32.2. The van der Waals surface area contributed by atoms with Gasteiger partial charge in [0.2, 0.25) is 5.91 Å². The van der Waals surface area contributed by atoms with Gasteiger partial charge in [0, 0.05) is 5.56 Å². The van der Waals surface area contributed by atoms with Gasteiger partial charge in [-0.15, -0.1) is 0 Å². The highest BCUT2D eigenvalue weighted by molar-refractivity contribution is 7.85. The Hall–Kier alpha value is -1.40. The van der Waals surface area contributed by atoms with Crippen LogP contribution in [0.25, 0.3) is 0 Å². The topological polar surface area (TPSA) is 97.5 Å². The zero-order valence-electron chi connectivity index (χ0n) is 6.47. The Bertz CT molecular complexity index is 420. The summed E-state index contributed by atoms with van der Waals surface area (Å²) < 4.78 is 29.7. The molecule has 13 heavy (non-hydrogen) atoms. The number of nitrogens with two attached hydrogens (primary N) is 1. The molecule has 0 radical (unpaired) electrons. The number of hydrogen-bond acceptors (Lipinski definition) is 3. The molecule has 0 fully saturated rings. The third kappa shape index (κ3) is 2.27. The van der Waals surface area contributed by atoms with E-state index in [4.69, 9.17) is 10.3 Å². The van der Waals surface area contributed by atoms with Crippen molar-refractivity contribution in [1.82, 2.24) is 0 Å². The predicted octanol–water partition coefficient (Wildman–Crippen LogP) is 0.0322. The summed E-state index contributed by atoms with van der Waals surface area (Å²) in [6.45, 7) is 0. The van der Waals surface area contributed by atoms with Gasteiger partial charge in [-0.05, 0) is 24.3 Å². The van der Waals surface area contributed by atoms with Gasteiger partial charge in [0.25, 0.3) is 10.1 Å². The summed E-state index contributed by atoms with van der Waals surface area (Å²) in [6.07, 6.45) is 0. The van der Waals surface area contributed by atoms with Crippen LogP contribution in [0.4, 0.5) is 0 Å². The molecule has 3 N–H and O–H groups in total. The summed E-state index contributed by atoms with van der Waals surface area (Å²) in [5, 5.41) is 0. The van der Waals surface area contributed by atoms with Crippen molar-refractivity contribution in [2.45, 2.75) is 4.90 Å². The summed E-state index contributed by atoms with van der Waals surface area (Å²) in [5.74, 6) is -0.651. The van der Waals surface area contributed by atoms with Gasteiger partial charge in [-0.3, -0.25) is 9.35 Å². The van der Waals surface area contributed by atoms with Crippen molar-refractivity contribution in [2.75, 3.05) is 0 Å². The van der Waals surface area contributed by atoms with Crippen LogP contribution in [0.2, 0.25) is 0 Å². The second kappa shape index (κ2) is 3.15. The Balaban J connectivity index is 3.16. The molecule has 0 saturated heterocycles. The van der Waals surface area contributed by atoms with Gasteiger partial charge >= 0.3 is 0 Å². The Labute approximate surface area is 74.9 Å². The fourth-order valence-electron chi connectivity index (χ4n) is 0.791. The molecular formula is C7H7NO4S. The molecule has 0 aromatic heterocycles. The van der Waals surface area contributed by atoms with Crippen molar-refractivity contribution >= 4 is 16.0 Å². The van der Waals surface area contributed by atoms with Gasteiger partial charge in [-0.25, -0.2) is 0 Å². The number of primary amides is 1. The second-order valence-corrected chi connectivity index (χ2v) is 3.79. The summed E-state index contributed by atoms with van der Waals surface area (Å²) in [6, 6.07) is 4.67. The van der Waals surface area contributed by atoms with Crippen molar-refractivity contribution in [2.24, 2.45) is 5.73 Å². The Morgan fingerprint density at radius 3 is 2.00 bits per heavy atom. The summed E-state index contributed by atoms with van der Waals surface area (Å²) in [5.41, 5.74) is 5.11. The number of carbonyl (C=O) groups is 1. The first kappa shape index (κ1) is 9.69. The normalized spacial score (nSPS) is 11.2. The minimum atomic E-state index is -4.20. The van der Waals surface area contributed by atoms with Gasteiger partial charge in [0.1, 0.15) is 0 Å². The van der Waals surface area contributed by atoms with E-state index in [9.17, 15) is 13.2 Å². The van der Waals surface area contributed by atoms with E-state index in [-0.39, 0.29) is 10.5 Å². The third-order valence-corrected chi connectivity index (χ3v) is 2.30. The zero-order valence-corrected chi connectivity index (χ0v) is 7.28. The molecule has 1 aromatic rings. The van der Waals surface area contributed by atoms with Gasteiger partial charge in [0.05, 0.1) is 4.90 Å². The monoisotopic (exact) mass is 201 g/mol. The maximum absolute atomic E-state index is 10.6. The first-order valence-corrected chi connectivity index (χ1v) is 4.72. The molecule has 1 amide bonds. The number of hydrogen-bond donors (Lipinski definition) is 2. The minimum Gasteiger partial charge on any atom is -0.366 e. The summed E-state index contributed by atoms with van der Waals surface area (Å²) in [7, 11) is -4.20. The lowest BCUT2D eigenvalue weighted by molar-refractivity contribution is 0.1000. The van der Waals surface area contributed by atoms with Crippen LogP contribution in [0.1, 0.15) is 10.4 Å². The average Bonchev–Trinajstić information content (AvgIpc) is 2.03. The van der Waals surface area contributed by atoms with E-state index in [1.54, 1.807) is 0 Å². The first-order chi connectivity index (χ1) is 5.91. The van der Waals surface area contributed by atoms with E-state index < -0.39 is 16.0 Å². The maximum Gasteiger partial charge on any atom is 0.294 e. The van der Waals surface area contributed by atoms with Crippen LogP contribution in [0, 0.1) is 0 Å². The van der Waals surface area contributed by atoms with Crippen molar-refractivity contribution in [1.29, 1.82) is 0 Å². The predicted molar refractivity (Wildman–Crippen MR) is 44.8 cm³/mol. The molecule has 70 valence electrons. The van der Waals surface area contributed by atoms with Crippen molar-refractivity contribution in [3.63, 3.8) is 0 Å². The van der Waals surface area contributed by atoms with Gasteiger partial charge in [0.15, 0.2) is 0 Å². The lowest BCUT2D eigenvalue weighted by Gasteiger charge is -1.97. The van der Waals surface area contributed by atoms with Gasteiger partial charge in [-0.2, -0.15) is 8.42 Å².